The Bertz CT molecular complexity index is 2630. The normalized spacial score (nSPS) is 28.7. The summed E-state index contributed by atoms with van der Waals surface area (Å²) in [6.07, 6.45) is -9.68. The lowest BCUT2D eigenvalue weighted by Gasteiger charge is -2.24. The average molecular weight is 913 g/mol. The molecular weight excluding hydrogens is 873 g/mol. The molecule has 27 nitrogen and oxygen atoms in total. The monoisotopic (exact) mass is 912 g/mol. The summed E-state index contributed by atoms with van der Waals surface area (Å²) in [6.45, 7) is 1.79. The number of hydrogen-bond acceptors (Lipinski definition) is 19. The van der Waals surface area contributed by atoms with Gasteiger partial charge in [0, 0.05) is 54.5 Å². The van der Waals surface area contributed by atoms with Crippen LogP contribution in [-0.2, 0) is 55.1 Å². The molecule has 3 saturated heterocycles. The highest BCUT2D eigenvalue weighted by atomic mass is 31.2. The number of aliphatic hydroxyl groups excluding tert-OH is 1. The molecule has 0 bridgehead atoms. The molecule has 3 aliphatic heterocycles. The van der Waals surface area contributed by atoms with Crippen LogP contribution < -0.4 is 33.7 Å². The summed E-state index contributed by atoms with van der Waals surface area (Å²) >= 11 is 0. The highest BCUT2D eigenvalue weighted by Gasteiger charge is 2.46. The zero-order valence-electron chi connectivity index (χ0n) is 31.5. The molecule has 3 fully saturated rings. The molecule has 0 aromatic carbocycles. The van der Waals surface area contributed by atoms with Crippen molar-refractivity contribution >= 4 is 23.6 Å². The van der Waals surface area contributed by atoms with Gasteiger partial charge in [-0.3, -0.25) is 65.7 Å². The van der Waals surface area contributed by atoms with Crippen molar-refractivity contribution < 1.29 is 70.0 Å². The minimum Gasteiger partial charge on any atom is -0.390 e. The molecule has 6 N–H and O–H groups in total. The highest BCUT2D eigenvalue weighted by molar-refractivity contribution is 7.47. The molecule has 6 heterocycles. The first kappa shape index (κ1) is 45.5. The van der Waals surface area contributed by atoms with E-state index < -0.39 is 139 Å². The van der Waals surface area contributed by atoms with E-state index in [1.54, 1.807) is 0 Å². The maximum Gasteiger partial charge on any atom is 0.472 e. The Morgan fingerprint density at radius 3 is 1.38 bits per heavy atom. The van der Waals surface area contributed by atoms with E-state index in [-0.39, 0.29) is 29.5 Å². The number of aryl methyl sites for hydroxylation is 3. The smallest absolute Gasteiger partial charge is 0.390 e. The SMILES string of the molecule is Cc1cn([C@H]2C[C@H](OP(=O)(O)OC[C@H]3O[C@@H](n4cc(C)c(=O)[nH]c4=O)C[C@@H]3OP(=O)(O)OC[C@H]3O[C@@H](n4cc(C)c(=O)[nH]c4=O)C[C@@H]3O)[C@@H](COP(=O)=O)O2)c(=O)[nH]c1=O. The van der Waals surface area contributed by atoms with Gasteiger partial charge in [0.2, 0.25) is 0 Å². The van der Waals surface area contributed by atoms with E-state index in [0.717, 1.165) is 26.1 Å². The standard InChI is InChI=1S/C30H39N6O21P3/c1-13-7-34(28(41)31-25(13)38)22-4-16(37)19(53-22)11-51-59(46,47)57-18-6-24(36-9-15(3)27(40)33-30(36)43)55-21(18)12-52-60(48,49)56-17-5-23(54-20(17)10-50-58(44)45)35-8-14(2)26(39)32-29(35)42/h7-9,16-24,37H,4-6,10-12H2,1-3H3,(H,46,47)(H,48,49)(H,31,38,41)(H,32,39,42)(H,33,40,43)/t16-,17-,18-,19+,20+,21+,22+,23+,24+/m0/s1. The summed E-state index contributed by atoms with van der Waals surface area (Å²) in [5.41, 5.74) is -4.37. The number of phosphoric ester groups is 2. The number of H-pyrrole nitrogens is 3. The van der Waals surface area contributed by atoms with Crippen LogP contribution in [0.15, 0.2) is 47.4 Å². The van der Waals surface area contributed by atoms with Crippen molar-refractivity contribution in [2.75, 3.05) is 19.8 Å². The highest BCUT2D eigenvalue weighted by Crippen LogP contribution is 2.52. The largest absolute Gasteiger partial charge is 0.472 e. The minimum atomic E-state index is -5.23. The van der Waals surface area contributed by atoms with E-state index in [4.69, 9.17) is 32.3 Å². The van der Waals surface area contributed by atoms with Gasteiger partial charge in [0.15, 0.2) is 0 Å². The molecule has 3 aliphatic rings. The topological polar surface area (TPSA) is 367 Å². The molecule has 0 spiro atoms. The fourth-order valence-corrected chi connectivity index (χ4v) is 8.76. The number of ether oxygens (including phenoxy) is 3. The van der Waals surface area contributed by atoms with Crippen LogP contribution in [0.2, 0.25) is 0 Å². The van der Waals surface area contributed by atoms with Gasteiger partial charge < -0.3 is 29.1 Å². The van der Waals surface area contributed by atoms with Crippen LogP contribution in [0.1, 0.15) is 54.6 Å². The summed E-state index contributed by atoms with van der Waals surface area (Å²) in [5.74, 6) is 0. The molecular formula is C30H39N6O21P3. The summed E-state index contributed by atoms with van der Waals surface area (Å²) in [7, 11) is -13.8. The number of rotatable bonds is 16. The second-order valence-corrected chi connectivity index (χ2v) is 17.5. The third-order valence-corrected chi connectivity index (χ3v) is 12.0. The zero-order valence-corrected chi connectivity index (χ0v) is 34.2. The fourth-order valence-electron chi connectivity index (χ4n) is 6.57. The average Bonchev–Trinajstić information content (AvgIpc) is 3.86. The summed E-state index contributed by atoms with van der Waals surface area (Å²) in [6, 6.07) is 0. The lowest BCUT2D eigenvalue weighted by Crippen LogP contribution is -2.33. The second kappa shape index (κ2) is 18.1. The number of aromatic nitrogens is 6. The van der Waals surface area contributed by atoms with Crippen molar-refractivity contribution in [3.8, 4) is 0 Å². The van der Waals surface area contributed by atoms with Crippen LogP contribution in [0.3, 0.4) is 0 Å². The summed E-state index contributed by atoms with van der Waals surface area (Å²) < 4.78 is 94.6. The Morgan fingerprint density at radius 1 is 0.633 bits per heavy atom. The van der Waals surface area contributed by atoms with Gasteiger partial charge in [-0.15, -0.1) is 0 Å². The number of aromatic amines is 3. The molecule has 6 rings (SSSR count). The van der Waals surface area contributed by atoms with Crippen LogP contribution in [-0.4, -0.2) is 100.0 Å². The summed E-state index contributed by atoms with van der Waals surface area (Å²) in [4.78, 5) is 101. The van der Waals surface area contributed by atoms with Gasteiger partial charge >= 0.3 is 40.6 Å². The Labute approximate surface area is 334 Å². The molecule has 2 unspecified atom stereocenters. The van der Waals surface area contributed by atoms with E-state index in [9.17, 15) is 61.9 Å². The first-order chi connectivity index (χ1) is 28.1. The fraction of sp³-hybridized carbons (Fsp3) is 0.600. The van der Waals surface area contributed by atoms with E-state index in [1.807, 2.05) is 0 Å². The Hall–Kier alpha value is -4.04. The lowest BCUT2D eigenvalue weighted by atomic mass is 10.2. The molecule has 30 heteroatoms. The maximum absolute atomic E-state index is 13.3. The third-order valence-electron chi connectivity index (χ3n) is 9.62. The van der Waals surface area contributed by atoms with Gasteiger partial charge in [-0.05, 0) is 20.8 Å². The van der Waals surface area contributed by atoms with E-state index in [0.29, 0.717) is 0 Å². The van der Waals surface area contributed by atoms with Crippen molar-refractivity contribution in [1.29, 1.82) is 0 Å². The van der Waals surface area contributed by atoms with E-state index >= 15 is 0 Å². The van der Waals surface area contributed by atoms with Crippen molar-refractivity contribution in [2.24, 2.45) is 0 Å². The first-order valence-corrected chi connectivity index (χ1v) is 21.9. The molecule has 3 aromatic heterocycles. The van der Waals surface area contributed by atoms with E-state index in [1.165, 1.54) is 27.0 Å². The molecule has 11 atom stereocenters. The number of nitrogens with one attached hydrogen (secondary N) is 3. The molecule has 3 aromatic rings. The predicted octanol–water partition coefficient (Wildman–Crippen LogP) is -1.11. The Morgan fingerprint density at radius 2 is 0.983 bits per heavy atom. The van der Waals surface area contributed by atoms with Gasteiger partial charge in [-0.2, -0.15) is 0 Å². The lowest BCUT2D eigenvalue weighted by molar-refractivity contribution is -0.0610. The number of nitrogens with zero attached hydrogens (tertiary/aromatic N) is 3. The second-order valence-electron chi connectivity index (χ2n) is 13.9. The van der Waals surface area contributed by atoms with Crippen LogP contribution in [0.5, 0.6) is 0 Å². The molecule has 0 amide bonds. The van der Waals surface area contributed by atoms with Crippen LogP contribution >= 0.6 is 23.6 Å². The molecule has 0 aliphatic carbocycles. The minimum absolute atomic E-state index is 0.0731. The third kappa shape index (κ3) is 10.7. The van der Waals surface area contributed by atoms with Gasteiger partial charge in [0.1, 0.15) is 49.2 Å². The van der Waals surface area contributed by atoms with Crippen molar-refractivity contribution in [2.45, 2.75) is 95.3 Å². The molecule has 0 saturated carbocycles. The number of phosphoric acid groups is 2. The quantitative estimate of drug-likeness (QED) is 0.0928. The van der Waals surface area contributed by atoms with Crippen LogP contribution in [0.4, 0.5) is 0 Å². The van der Waals surface area contributed by atoms with Gasteiger partial charge in [0.25, 0.3) is 16.7 Å². The first-order valence-electron chi connectivity index (χ1n) is 17.8. The maximum atomic E-state index is 13.3. The molecule has 60 heavy (non-hydrogen) atoms. The Balaban J connectivity index is 1.16. The van der Waals surface area contributed by atoms with Crippen molar-refractivity contribution in [3.63, 3.8) is 0 Å². The van der Waals surface area contributed by atoms with Crippen molar-refractivity contribution in [1.82, 2.24) is 28.7 Å². The summed E-state index contributed by atoms with van der Waals surface area (Å²) in [5, 5.41) is 10.6. The predicted molar refractivity (Wildman–Crippen MR) is 195 cm³/mol. The van der Waals surface area contributed by atoms with Gasteiger partial charge in [-0.25, -0.2) is 32.6 Å². The number of hydrogen-bond donors (Lipinski definition) is 6. The van der Waals surface area contributed by atoms with Crippen LogP contribution in [0, 0.1) is 20.8 Å². The van der Waals surface area contributed by atoms with Gasteiger partial charge in [0.05, 0.1) is 25.9 Å². The van der Waals surface area contributed by atoms with Crippen LogP contribution in [0.25, 0.3) is 0 Å². The zero-order chi connectivity index (χ0) is 43.8. The van der Waals surface area contributed by atoms with E-state index in [2.05, 4.69) is 19.5 Å². The number of aliphatic hydroxyl groups is 1. The van der Waals surface area contributed by atoms with Gasteiger partial charge in [-0.1, -0.05) is 0 Å². The Kier molecular flexibility index (Phi) is 13.7. The molecule has 0 radical (unpaired) electrons. The molecule has 330 valence electrons. The van der Waals surface area contributed by atoms with Crippen molar-refractivity contribution in [3.05, 3.63) is 97.8 Å².